The van der Waals surface area contributed by atoms with Gasteiger partial charge in [-0.2, -0.15) is 0 Å². The van der Waals surface area contributed by atoms with Crippen molar-refractivity contribution < 1.29 is 14.3 Å². The van der Waals surface area contributed by atoms with Crippen LogP contribution in [0.1, 0.15) is 28.1 Å². The molecular weight excluding hydrogens is 492 g/mol. The van der Waals surface area contributed by atoms with Gasteiger partial charge in [0.1, 0.15) is 12.4 Å². The molecule has 2 heterocycles. The highest BCUT2D eigenvalue weighted by Crippen LogP contribution is 2.34. The lowest BCUT2D eigenvalue weighted by Crippen LogP contribution is -2.32. The molecule has 1 saturated heterocycles. The van der Waals surface area contributed by atoms with E-state index in [9.17, 15) is 9.59 Å². The third-order valence-electron chi connectivity index (χ3n) is 6.78. The zero-order chi connectivity index (χ0) is 26.8. The Morgan fingerprint density at radius 1 is 0.842 bits per heavy atom. The van der Waals surface area contributed by atoms with E-state index in [2.05, 4.69) is 47.0 Å². The fourth-order valence-electron chi connectivity index (χ4n) is 4.71. The maximum Gasteiger partial charge on any atom is 0.293 e. The van der Waals surface area contributed by atoms with Crippen LogP contribution >= 0.6 is 11.8 Å². The van der Waals surface area contributed by atoms with Crippen LogP contribution in [0.15, 0.2) is 83.8 Å². The Morgan fingerprint density at radius 3 is 2.29 bits per heavy atom. The fourth-order valence-corrected chi connectivity index (χ4v) is 5.56. The Kier molecular flexibility index (Phi) is 7.25. The molecule has 0 unspecified atom stereocenters. The first kappa shape index (κ1) is 25.6. The molecule has 6 heteroatoms. The molecule has 192 valence electrons. The van der Waals surface area contributed by atoms with Crippen LogP contribution in [0, 0.1) is 27.7 Å². The number of hydrogen-bond donors (Lipinski definition) is 0. The monoisotopic (exact) mass is 522 g/mol. The summed E-state index contributed by atoms with van der Waals surface area (Å²) in [5.74, 6) is 0.498. The van der Waals surface area contributed by atoms with E-state index in [1.165, 1.54) is 10.5 Å². The van der Waals surface area contributed by atoms with Gasteiger partial charge in [0, 0.05) is 17.1 Å². The van der Waals surface area contributed by atoms with E-state index >= 15 is 0 Å². The van der Waals surface area contributed by atoms with Crippen molar-refractivity contribution in [3.05, 3.63) is 112 Å². The molecule has 0 saturated carbocycles. The highest BCUT2D eigenvalue weighted by molar-refractivity contribution is 8.18. The number of ether oxygens (including phenoxy) is 1. The van der Waals surface area contributed by atoms with Crippen LogP contribution in [0.25, 0.3) is 22.9 Å². The standard InChI is InChI=1S/C32H30N2O3S/c1-21-10-11-22(2)29(18-21)37-17-16-33-31(35)30(38-32(33)36)20-27-19-23(3)34(24(27)4)28-14-12-26(13-15-28)25-8-6-5-7-9-25/h5-15,18-20H,16-17H2,1-4H3/b30-20-. The predicted octanol–water partition coefficient (Wildman–Crippen LogP) is 7.49. The van der Waals surface area contributed by atoms with Gasteiger partial charge >= 0.3 is 0 Å². The number of carbonyl (C=O) groups excluding carboxylic acids is 2. The first-order valence-electron chi connectivity index (χ1n) is 12.6. The Morgan fingerprint density at radius 2 is 1.55 bits per heavy atom. The SMILES string of the molecule is Cc1ccc(C)c(OCCN2C(=O)S/C(=C\c3cc(C)n(-c4ccc(-c5ccccc5)cc4)c3C)C2=O)c1. The summed E-state index contributed by atoms with van der Waals surface area (Å²) in [7, 11) is 0. The Bertz CT molecular complexity index is 1540. The van der Waals surface area contributed by atoms with Crippen molar-refractivity contribution in [1.29, 1.82) is 0 Å². The van der Waals surface area contributed by atoms with E-state index in [1.54, 1.807) is 0 Å². The quantitative estimate of drug-likeness (QED) is 0.236. The fraction of sp³-hybridized carbons (Fsp3) is 0.188. The van der Waals surface area contributed by atoms with Crippen molar-refractivity contribution in [2.45, 2.75) is 27.7 Å². The number of carbonyl (C=O) groups is 2. The summed E-state index contributed by atoms with van der Waals surface area (Å²) < 4.78 is 8.04. The van der Waals surface area contributed by atoms with Crippen LogP contribution in [-0.2, 0) is 4.79 Å². The van der Waals surface area contributed by atoms with Crippen molar-refractivity contribution in [2.24, 2.45) is 0 Å². The molecular formula is C32H30N2O3S. The first-order valence-corrected chi connectivity index (χ1v) is 13.4. The van der Waals surface area contributed by atoms with E-state index in [1.807, 2.05) is 70.2 Å². The number of amides is 2. The van der Waals surface area contributed by atoms with Crippen LogP contribution in [0.3, 0.4) is 0 Å². The average molecular weight is 523 g/mol. The van der Waals surface area contributed by atoms with Gasteiger partial charge in [0.2, 0.25) is 0 Å². The number of benzene rings is 3. The summed E-state index contributed by atoms with van der Waals surface area (Å²) in [4.78, 5) is 27.4. The summed E-state index contributed by atoms with van der Waals surface area (Å²) in [5.41, 5.74) is 8.51. The van der Waals surface area contributed by atoms with E-state index in [4.69, 9.17) is 4.74 Å². The second kappa shape index (κ2) is 10.8. The highest BCUT2D eigenvalue weighted by Gasteiger charge is 2.35. The van der Waals surface area contributed by atoms with Gasteiger partial charge in [0.15, 0.2) is 0 Å². The van der Waals surface area contributed by atoms with Crippen LogP contribution in [0.5, 0.6) is 5.75 Å². The lowest BCUT2D eigenvalue weighted by molar-refractivity contribution is -0.123. The molecule has 0 N–H and O–H groups in total. The summed E-state index contributed by atoms with van der Waals surface area (Å²) in [6, 6.07) is 26.8. The number of nitrogens with zero attached hydrogens (tertiary/aromatic N) is 2. The minimum Gasteiger partial charge on any atom is -0.491 e. The second-order valence-electron chi connectivity index (χ2n) is 9.53. The molecule has 0 radical (unpaired) electrons. The molecule has 38 heavy (non-hydrogen) atoms. The van der Waals surface area contributed by atoms with Gasteiger partial charge in [-0.05, 0) is 97.6 Å². The van der Waals surface area contributed by atoms with E-state index in [-0.39, 0.29) is 24.3 Å². The number of rotatable bonds is 7. The minimum atomic E-state index is -0.276. The largest absolute Gasteiger partial charge is 0.491 e. The van der Waals surface area contributed by atoms with Crippen molar-refractivity contribution >= 4 is 29.0 Å². The molecule has 1 aliphatic heterocycles. The van der Waals surface area contributed by atoms with Crippen LogP contribution in [-0.4, -0.2) is 33.8 Å². The van der Waals surface area contributed by atoms with E-state index in [0.29, 0.717) is 4.91 Å². The molecule has 5 rings (SSSR count). The van der Waals surface area contributed by atoms with Gasteiger partial charge in [-0.1, -0.05) is 54.6 Å². The van der Waals surface area contributed by atoms with Crippen LogP contribution in [0.2, 0.25) is 0 Å². The molecule has 0 atom stereocenters. The van der Waals surface area contributed by atoms with Crippen molar-refractivity contribution in [2.75, 3.05) is 13.2 Å². The maximum absolute atomic E-state index is 13.1. The predicted molar refractivity (Wildman–Crippen MR) is 155 cm³/mol. The van der Waals surface area contributed by atoms with Gasteiger partial charge < -0.3 is 9.30 Å². The number of imide groups is 1. The van der Waals surface area contributed by atoms with E-state index < -0.39 is 0 Å². The van der Waals surface area contributed by atoms with Gasteiger partial charge in [0.05, 0.1) is 11.4 Å². The summed E-state index contributed by atoms with van der Waals surface area (Å²) >= 11 is 0.981. The Hall–Kier alpha value is -4.03. The number of aromatic nitrogens is 1. The summed E-state index contributed by atoms with van der Waals surface area (Å²) in [5, 5.41) is -0.267. The van der Waals surface area contributed by atoms with Gasteiger partial charge in [-0.25, -0.2) is 0 Å². The molecule has 0 aliphatic carbocycles. The molecule has 1 aromatic heterocycles. The zero-order valence-corrected chi connectivity index (χ0v) is 22.8. The third kappa shape index (κ3) is 5.18. The molecule has 0 spiro atoms. The topological polar surface area (TPSA) is 51.5 Å². The molecule has 1 aliphatic rings. The number of hydrogen-bond acceptors (Lipinski definition) is 4. The maximum atomic E-state index is 13.1. The average Bonchev–Trinajstić information content (AvgIpc) is 3.35. The van der Waals surface area contributed by atoms with Gasteiger partial charge in [-0.15, -0.1) is 0 Å². The molecule has 2 amide bonds. The van der Waals surface area contributed by atoms with Crippen LogP contribution in [0.4, 0.5) is 4.79 Å². The molecule has 4 aromatic rings. The van der Waals surface area contributed by atoms with Crippen LogP contribution < -0.4 is 4.74 Å². The first-order chi connectivity index (χ1) is 18.3. The Balaban J connectivity index is 1.31. The molecule has 1 fully saturated rings. The summed E-state index contributed by atoms with van der Waals surface area (Å²) in [6.45, 7) is 8.53. The van der Waals surface area contributed by atoms with Gasteiger partial charge in [-0.3, -0.25) is 14.5 Å². The minimum absolute atomic E-state index is 0.210. The zero-order valence-electron chi connectivity index (χ0n) is 22.0. The third-order valence-corrected chi connectivity index (χ3v) is 7.69. The number of aryl methyl sites for hydroxylation is 3. The van der Waals surface area contributed by atoms with Crippen molar-refractivity contribution in [3.8, 4) is 22.6 Å². The molecule has 0 bridgehead atoms. The van der Waals surface area contributed by atoms with E-state index in [0.717, 1.165) is 56.8 Å². The molecule has 5 nitrogen and oxygen atoms in total. The Labute approximate surface area is 227 Å². The van der Waals surface area contributed by atoms with Gasteiger partial charge in [0.25, 0.3) is 11.1 Å². The smallest absolute Gasteiger partial charge is 0.293 e. The van der Waals surface area contributed by atoms with Crippen molar-refractivity contribution in [1.82, 2.24) is 9.47 Å². The van der Waals surface area contributed by atoms with Crippen molar-refractivity contribution in [3.63, 3.8) is 0 Å². The lowest BCUT2D eigenvalue weighted by Gasteiger charge is -2.14. The normalized spacial score (nSPS) is 14.5. The lowest BCUT2D eigenvalue weighted by atomic mass is 10.1. The molecule has 3 aromatic carbocycles. The highest BCUT2D eigenvalue weighted by atomic mass is 32.2. The second-order valence-corrected chi connectivity index (χ2v) is 10.5. The summed E-state index contributed by atoms with van der Waals surface area (Å²) in [6.07, 6.45) is 1.83. The number of thioether (sulfide) groups is 1.